The van der Waals surface area contributed by atoms with Crippen LogP contribution in [0.3, 0.4) is 0 Å². The fourth-order valence-electron chi connectivity index (χ4n) is 2.72. The van der Waals surface area contributed by atoms with Crippen LogP contribution in [0.5, 0.6) is 0 Å². The highest BCUT2D eigenvalue weighted by Gasteiger charge is 2.16. The Bertz CT molecular complexity index is 830. The van der Waals surface area contributed by atoms with Crippen molar-refractivity contribution < 1.29 is 0 Å². The van der Waals surface area contributed by atoms with E-state index in [0.29, 0.717) is 0 Å². The van der Waals surface area contributed by atoms with E-state index in [9.17, 15) is 5.26 Å². The van der Waals surface area contributed by atoms with Crippen LogP contribution in [0.15, 0.2) is 42.5 Å². The fraction of sp³-hybridized carbons (Fsp3) is 0.167. The van der Waals surface area contributed by atoms with Gasteiger partial charge in [0.1, 0.15) is 6.07 Å². The maximum absolute atomic E-state index is 9.57. The normalized spacial score (nSPS) is 10.7. The lowest BCUT2D eigenvalue weighted by Gasteiger charge is -2.05. The maximum atomic E-state index is 9.57. The van der Waals surface area contributed by atoms with Crippen LogP contribution in [-0.4, -0.2) is 4.57 Å². The first-order valence-corrected chi connectivity index (χ1v) is 6.68. The highest BCUT2D eigenvalue weighted by Crippen LogP contribution is 2.33. The van der Waals surface area contributed by atoms with Crippen LogP contribution in [0.1, 0.15) is 16.7 Å². The number of nitrogens with zero attached hydrogens (tertiary/aromatic N) is 2. The molecule has 0 spiro atoms. The zero-order chi connectivity index (χ0) is 14.3. The van der Waals surface area contributed by atoms with Crippen LogP contribution in [0.4, 0.5) is 0 Å². The minimum Gasteiger partial charge on any atom is -0.343 e. The van der Waals surface area contributed by atoms with Gasteiger partial charge in [-0.05, 0) is 31.5 Å². The van der Waals surface area contributed by atoms with Crippen molar-refractivity contribution in [2.45, 2.75) is 13.8 Å². The average Bonchev–Trinajstić information content (AvgIpc) is 2.72. The first kappa shape index (κ1) is 12.5. The molecule has 0 saturated heterocycles. The first-order chi connectivity index (χ1) is 9.61. The standard InChI is InChI=1S/C18H16N2/c1-12-4-7-14(8-5-12)18-16(11-19)15-10-13(2)6-9-17(15)20(18)3/h4-10H,1-3H3. The third-order valence-corrected chi connectivity index (χ3v) is 3.79. The van der Waals surface area contributed by atoms with Gasteiger partial charge in [0.15, 0.2) is 0 Å². The number of nitriles is 1. The third kappa shape index (κ3) is 1.80. The molecule has 2 aromatic carbocycles. The number of rotatable bonds is 1. The molecule has 2 nitrogen and oxygen atoms in total. The molecule has 0 aliphatic carbocycles. The van der Waals surface area contributed by atoms with E-state index in [1.54, 1.807) is 0 Å². The first-order valence-electron chi connectivity index (χ1n) is 6.68. The molecular formula is C18H16N2. The van der Waals surface area contributed by atoms with Gasteiger partial charge in [0.2, 0.25) is 0 Å². The maximum Gasteiger partial charge on any atom is 0.102 e. The van der Waals surface area contributed by atoms with Crippen molar-refractivity contribution in [1.29, 1.82) is 5.26 Å². The molecule has 0 unspecified atom stereocenters. The summed E-state index contributed by atoms with van der Waals surface area (Å²) < 4.78 is 2.11. The summed E-state index contributed by atoms with van der Waals surface area (Å²) in [5.41, 5.74) is 6.34. The van der Waals surface area contributed by atoms with E-state index in [1.165, 1.54) is 11.1 Å². The van der Waals surface area contributed by atoms with Crippen molar-refractivity contribution in [2.24, 2.45) is 7.05 Å². The summed E-state index contributed by atoms with van der Waals surface area (Å²) in [7, 11) is 2.02. The second-order valence-electron chi connectivity index (χ2n) is 5.28. The van der Waals surface area contributed by atoms with Crippen LogP contribution in [0.25, 0.3) is 22.2 Å². The number of fused-ring (bicyclic) bond motifs is 1. The summed E-state index contributed by atoms with van der Waals surface area (Å²) in [4.78, 5) is 0. The van der Waals surface area contributed by atoms with E-state index in [2.05, 4.69) is 66.9 Å². The molecule has 0 radical (unpaired) electrons. The molecule has 0 N–H and O–H groups in total. The zero-order valence-corrected chi connectivity index (χ0v) is 11.9. The van der Waals surface area contributed by atoms with Gasteiger partial charge in [-0.15, -0.1) is 0 Å². The van der Waals surface area contributed by atoms with Gasteiger partial charge in [0.05, 0.1) is 11.3 Å². The highest BCUT2D eigenvalue weighted by atomic mass is 14.9. The Morgan fingerprint density at radius 1 is 0.950 bits per heavy atom. The SMILES string of the molecule is Cc1ccc(-c2c(C#N)c3cc(C)ccc3n2C)cc1. The van der Waals surface area contributed by atoms with Gasteiger partial charge < -0.3 is 4.57 Å². The van der Waals surface area contributed by atoms with Gasteiger partial charge >= 0.3 is 0 Å². The molecule has 1 heterocycles. The predicted molar refractivity (Wildman–Crippen MR) is 82.5 cm³/mol. The molecule has 0 aliphatic heterocycles. The van der Waals surface area contributed by atoms with E-state index in [1.807, 2.05) is 7.05 Å². The second-order valence-corrected chi connectivity index (χ2v) is 5.28. The van der Waals surface area contributed by atoms with Crippen molar-refractivity contribution in [2.75, 3.05) is 0 Å². The molecule has 98 valence electrons. The molecule has 0 aliphatic rings. The summed E-state index contributed by atoms with van der Waals surface area (Å²) in [6.45, 7) is 4.12. The van der Waals surface area contributed by atoms with Crippen molar-refractivity contribution in [1.82, 2.24) is 4.57 Å². The summed E-state index contributed by atoms with van der Waals surface area (Å²) in [5.74, 6) is 0. The summed E-state index contributed by atoms with van der Waals surface area (Å²) in [5, 5.41) is 10.6. The second kappa shape index (κ2) is 4.54. The van der Waals surface area contributed by atoms with Gasteiger partial charge in [-0.25, -0.2) is 0 Å². The van der Waals surface area contributed by atoms with Crippen molar-refractivity contribution >= 4 is 10.9 Å². The fourth-order valence-corrected chi connectivity index (χ4v) is 2.72. The van der Waals surface area contributed by atoms with E-state index in [4.69, 9.17) is 0 Å². The molecule has 2 heteroatoms. The van der Waals surface area contributed by atoms with Crippen LogP contribution >= 0.6 is 0 Å². The Hall–Kier alpha value is -2.53. The monoisotopic (exact) mass is 260 g/mol. The predicted octanol–water partition coefficient (Wildman–Crippen LogP) is 4.33. The van der Waals surface area contributed by atoms with Crippen molar-refractivity contribution in [3.63, 3.8) is 0 Å². The van der Waals surface area contributed by atoms with E-state index in [0.717, 1.165) is 27.7 Å². The van der Waals surface area contributed by atoms with Crippen molar-refractivity contribution in [3.05, 3.63) is 59.2 Å². The Morgan fingerprint density at radius 2 is 1.60 bits per heavy atom. The Labute approximate surface area is 118 Å². The molecule has 0 bridgehead atoms. The number of aromatic nitrogens is 1. The molecule has 0 fully saturated rings. The summed E-state index contributed by atoms with van der Waals surface area (Å²) in [6, 6.07) is 17.0. The molecule has 0 saturated carbocycles. The van der Waals surface area contributed by atoms with E-state index >= 15 is 0 Å². The summed E-state index contributed by atoms with van der Waals surface area (Å²) >= 11 is 0. The molecule has 0 amide bonds. The average molecular weight is 260 g/mol. The lowest BCUT2D eigenvalue weighted by Crippen LogP contribution is -1.92. The van der Waals surface area contributed by atoms with Gasteiger partial charge in [-0.3, -0.25) is 0 Å². The lowest BCUT2D eigenvalue weighted by molar-refractivity contribution is 0.976. The lowest BCUT2D eigenvalue weighted by atomic mass is 10.0. The van der Waals surface area contributed by atoms with Crippen molar-refractivity contribution in [3.8, 4) is 17.3 Å². The molecule has 0 atom stereocenters. The third-order valence-electron chi connectivity index (χ3n) is 3.79. The summed E-state index contributed by atoms with van der Waals surface area (Å²) in [6.07, 6.45) is 0. The number of hydrogen-bond acceptors (Lipinski definition) is 1. The van der Waals surface area contributed by atoms with Gasteiger partial charge in [-0.1, -0.05) is 41.5 Å². The van der Waals surface area contributed by atoms with Crippen LogP contribution < -0.4 is 0 Å². The largest absolute Gasteiger partial charge is 0.343 e. The minimum atomic E-state index is 0.759. The van der Waals surface area contributed by atoms with Crippen LogP contribution in [0.2, 0.25) is 0 Å². The molecule has 3 rings (SSSR count). The minimum absolute atomic E-state index is 0.759. The molecule has 20 heavy (non-hydrogen) atoms. The number of benzene rings is 2. The topological polar surface area (TPSA) is 28.7 Å². The van der Waals surface area contributed by atoms with Gasteiger partial charge in [-0.2, -0.15) is 5.26 Å². The van der Waals surface area contributed by atoms with Gasteiger partial charge in [0.25, 0.3) is 0 Å². The zero-order valence-electron chi connectivity index (χ0n) is 11.9. The smallest absolute Gasteiger partial charge is 0.102 e. The quantitative estimate of drug-likeness (QED) is 0.640. The Kier molecular flexibility index (Phi) is 2.84. The van der Waals surface area contributed by atoms with Crippen LogP contribution in [-0.2, 0) is 7.05 Å². The molecule has 1 aromatic heterocycles. The highest BCUT2D eigenvalue weighted by molar-refractivity contribution is 5.94. The number of aryl methyl sites for hydroxylation is 3. The van der Waals surface area contributed by atoms with Crippen LogP contribution in [0, 0.1) is 25.2 Å². The molecule has 3 aromatic rings. The van der Waals surface area contributed by atoms with Gasteiger partial charge in [0, 0.05) is 18.0 Å². The van der Waals surface area contributed by atoms with E-state index < -0.39 is 0 Å². The molecular weight excluding hydrogens is 244 g/mol. The van der Waals surface area contributed by atoms with E-state index in [-0.39, 0.29) is 0 Å². The Morgan fingerprint density at radius 3 is 2.25 bits per heavy atom. The number of hydrogen-bond donors (Lipinski definition) is 0. The Balaban J connectivity index is 2.38.